The largest absolute Gasteiger partial charge is 0.573 e. The number of anilines is 1. The maximum atomic E-state index is 12.7. The molecule has 1 N–H and O–H groups in total. The van der Waals surface area contributed by atoms with Crippen molar-refractivity contribution in [3.8, 4) is 5.75 Å². The smallest absolute Gasteiger partial charge is 0.503 e. The predicted molar refractivity (Wildman–Crippen MR) is 91.7 cm³/mol. The van der Waals surface area contributed by atoms with Crippen LogP contribution in [0, 0.1) is 6.92 Å². The second-order valence-electron chi connectivity index (χ2n) is 6.11. The number of amides is 1. The molecular weight excluding hydrogens is 379 g/mol. The molecule has 1 aliphatic heterocycles. The van der Waals surface area contributed by atoms with Crippen LogP contribution in [0.2, 0.25) is 0 Å². The van der Waals surface area contributed by atoms with Gasteiger partial charge in [0.1, 0.15) is 23.3 Å². The maximum absolute atomic E-state index is 12.7. The third kappa shape index (κ3) is 3.60. The van der Waals surface area contributed by atoms with Crippen LogP contribution < -0.4 is 9.64 Å². The summed E-state index contributed by atoms with van der Waals surface area (Å²) in [4.78, 5) is 26.1. The summed E-state index contributed by atoms with van der Waals surface area (Å²) in [5, 5.41) is 10.3. The van der Waals surface area contributed by atoms with Crippen molar-refractivity contribution in [2.24, 2.45) is 0 Å². The summed E-state index contributed by atoms with van der Waals surface area (Å²) < 4.78 is 46.4. The number of rotatable bonds is 5. The van der Waals surface area contributed by atoms with Gasteiger partial charge >= 0.3 is 6.36 Å². The van der Waals surface area contributed by atoms with Crippen molar-refractivity contribution in [2.45, 2.75) is 32.7 Å². The van der Waals surface area contributed by atoms with Crippen molar-refractivity contribution < 1.29 is 37.0 Å². The number of aliphatic hydroxyl groups excluding tert-OH is 1. The summed E-state index contributed by atoms with van der Waals surface area (Å²) >= 11 is 0. The number of ether oxygens (including phenoxy) is 1. The Kier molecular flexibility index (Phi) is 4.93. The van der Waals surface area contributed by atoms with Crippen LogP contribution in [0.1, 0.15) is 30.9 Å². The highest BCUT2D eigenvalue weighted by molar-refractivity contribution is 6.16. The zero-order valence-corrected chi connectivity index (χ0v) is 14.9. The van der Waals surface area contributed by atoms with E-state index in [9.17, 15) is 27.9 Å². The molecule has 0 saturated heterocycles. The molecule has 6 nitrogen and oxygen atoms in total. The van der Waals surface area contributed by atoms with Gasteiger partial charge in [0.15, 0.2) is 11.5 Å². The SMILES string of the molecule is CCC(=O)C1=C(O)C(=O)N(c2ccc(OC(F)(F)F)cc2)C1c1ccc(C)o1. The summed E-state index contributed by atoms with van der Waals surface area (Å²) in [6, 6.07) is 6.73. The third-order valence-electron chi connectivity index (χ3n) is 4.21. The fourth-order valence-corrected chi connectivity index (χ4v) is 3.02. The lowest BCUT2D eigenvalue weighted by molar-refractivity contribution is -0.274. The van der Waals surface area contributed by atoms with Crippen molar-refractivity contribution in [1.29, 1.82) is 0 Å². The lowest BCUT2D eigenvalue weighted by atomic mass is 9.99. The highest BCUT2D eigenvalue weighted by Crippen LogP contribution is 2.42. The second kappa shape index (κ2) is 7.06. The molecule has 0 bridgehead atoms. The van der Waals surface area contributed by atoms with E-state index in [1.807, 2.05) is 0 Å². The van der Waals surface area contributed by atoms with Crippen molar-refractivity contribution in [3.63, 3.8) is 0 Å². The van der Waals surface area contributed by atoms with Gasteiger partial charge in [-0.3, -0.25) is 14.5 Å². The fourth-order valence-electron chi connectivity index (χ4n) is 3.02. The minimum absolute atomic E-state index is 0.0507. The van der Waals surface area contributed by atoms with Gasteiger partial charge in [0.25, 0.3) is 5.91 Å². The number of hydrogen-bond donors (Lipinski definition) is 1. The van der Waals surface area contributed by atoms with Crippen LogP contribution in [0.3, 0.4) is 0 Å². The molecule has 0 aliphatic carbocycles. The van der Waals surface area contributed by atoms with Crippen LogP contribution >= 0.6 is 0 Å². The molecule has 1 atom stereocenters. The first-order chi connectivity index (χ1) is 13.1. The Morgan fingerprint density at radius 2 is 1.86 bits per heavy atom. The zero-order valence-electron chi connectivity index (χ0n) is 14.9. The minimum atomic E-state index is -4.85. The summed E-state index contributed by atoms with van der Waals surface area (Å²) in [5.41, 5.74) is 0.0569. The van der Waals surface area contributed by atoms with E-state index in [1.54, 1.807) is 26.0 Å². The van der Waals surface area contributed by atoms with Gasteiger partial charge in [0.05, 0.1) is 5.57 Å². The molecule has 0 spiro atoms. The fraction of sp³-hybridized carbons (Fsp3) is 0.263. The van der Waals surface area contributed by atoms with Gasteiger partial charge in [-0.05, 0) is 43.3 Å². The summed E-state index contributed by atoms with van der Waals surface area (Å²) in [6.45, 7) is 3.27. The van der Waals surface area contributed by atoms with Crippen molar-refractivity contribution in [2.75, 3.05) is 4.90 Å². The van der Waals surface area contributed by atoms with E-state index in [4.69, 9.17) is 4.42 Å². The molecule has 1 aliphatic rings. The van der Waals surface area contributed by atoms with E-state index in [2.05, 4.69) is 4.74 Å². The minimum Gasteiger partial charge on any atom is -0.503 e. The van der Waals surface area contributed by atoms with Crippen molar-refractivity contribution >= 4 is 17.4 Å². The Bertz CT molecular complexity index is 943. The van der Waals surface area contributed by atoms with Crippen LogP contribution in [-0.4, -0.2) is 23.2 Å². The highest BCUT2D eigenvalue weighted by atomic mass is 19.4. The zero-order chi connectivity index (χ0) is 20.6. The van der Waals surface area contributed by atoms with Gasteiger partial charge in [-0.15, -0.1) is 13.2 Å². The van der Waals surface area contributed by atoms with Crippen LogP contribution in [0.15, 0.2) is 52.1 Å². The first-order valence-electron chi connectivity index (χ1n) is 8.34. The molecule has 9 heteroatoms. The summed E-state index contributed by atoms with van der Waals surface area (Å²) in [5.74, 6) is -1.67. The average molecular weight is 395 g/mol. The quantitative estimate of drug-likeness (QED) is 0.814. The molecular formula is C19H16F3NO5. The first kappa shape index (κ1) is 19.5. The monoisotopic (exact) mass is 395 g/mol. The standard InChI is InChI=1S/C19H16F3NO5/c1-3-13(24)15-16(14-9-4-10(2)27-14)23(18(26)17(15)25)11-5-7-12(8-6-11)28-19(20,21)22/h4-9,16,25H,3H2,1-2H3. The summed E-state index contributed by atoms with van der Waals surface area (Å²) in [6.07, 6.45) is -4.80. The van der Waals surface area contributed by atoms with Gasteiger partial charge in [-0.1, -0.05) is 6.92 Å². The van der Waals surface area contributed by atoms with E-state index in [0.29, 0.717) is 5.76 Å². The topological polar surface area (TPSA) is 80.0 Å². The molecule has 1 aromatic carbocycles. The van der Waals surface area contributed by atoms with E-state index < -0.39 is 35.6 Å². The molecule has 0 radical (unpaired) electrons. The van der Waals surface area contributed by atoms with Gasteiger partial charge < -0.3 is 14.3 Å². The number of halogens is 3. The number of benzene rings is 1. The van der Waals surface area contributed by atoms with Crippen LogP contribution in [0.4, 0.5) is 18.9 Å². The van der Waals surface area contributed by atoms with Gasteiger partial charge in [0.2, 0.25) is 0 Å². The van der Waals surface area contributed by atoms with Crippen molar-refractivity contribution in [1.82, 2.24) is 0 Å². The van der Waals surface area contributed by atoms with Crippen LogP contribution in [0.5, 0.6) is 5.75 Å². The molecule has 2 heterocycles. The summed E-state index contributed by atoms with van der Waals surface area (Å²) in [7, 11) is 0. The number of aryl methyl sites for hydroxylation is 1. The van der Waals surface area contributed by atoms with E-state index in [-0.39, 0.29) is 23.4 Å². The predicted octanol–water partition coefficient (Wildman–Crippen LogP) is 4.37. The highest BCUT2D eigenvalue weighted by Gasteiger charge is 2.45. The Balaban J connectivity index is 2.04. The number of hydrogen-bond acceptors (Lipinski definition) is 5. The van der Waals surface area contributed by atoms with Gasteiger partial charge in [0, 0.05) is 12.1 Å². The van der Waals surface area contributed by atoms with Crippen molar-refractivity contribution in [3.05, 3.63) is 59.3 Å². The molecule has 0 saturated carbocycles. The third-order valence-corrected chi connectivity index (χ3v) is 4.21. The lowest BCUT2D eigenvalue weighted by Gasteiger charge is -2.25. The second-order valence-corrected chi connectivity index (χ2v) is 6.11. The van der Waals surface area contributed by atoms with Gasteiger partial charge in [-0.25, -0.2) is 0 Å². The molecule has 1 unspecified atom stereocenters. The Hall–Kier alpha value is -3.23. The molecule has 1 aromatic heterocycles. The maximum Gasteiger partial charge on any atom is 0.573 e. The van der Waals surface area contributed by atoms with E-state index in [1.165, 1.54) is 12.1 Å². The Labute approximate surface area is 157 Å². The van der Waals surface area contributed by atoms with E-state index >= 15 is 0 Å². The first-order valence-corrected chi connectivity index (χ1v) is 8.34. The molecule has 3 rings (SSSR count). The lowest BCUT2D eigenvalue weighted by Crippen LogP contribution is -2.30. The number of Topliss-reactive ketones (excluding diaryl/α,β-unsaturated/α-hetero) is 1. The molecule has 148 valence electrons. The number of carbonyl (C=O) groups is 2. The van der Waals surface area contributed by atoms with E-state index in [0.717, 1.165) is 17.0 Å². The average Bonchev–Trinajstić information content (AvgIpc) is 3.16. The molecule has 28 heavy (non-hydrogen) atoms. The number of aliphatic hydroxyl groups is 1. The Morgan fingerprint density at radius 3 is 2.36 bits per heavy atom. The number of ketones is 1. The van der Waals surface area contributed by atoms with Crippen LogP contribution in [-0.2, 0) is 9.59 Å². The number of nitrogens with zero attached hydrogens (tertiary/aromatic N) is 1. The number of alkyl halides is 3. The normalized spacial score (nSPS) is 17.4. The van der Waals surface area contributed by atoms with Crippen LogP contribution in [0.25, 0.3) is 0 Å². The Morgan fingerprint density at radius 1 is 1.21 bits per heavy atom. The number of carbonyl (C=O) groups excluding carboxylic acids is 2. The molecule has 0 fully saturated rings. The number of furan rings is 1. The molecule has 1 amide bonds. The van der Waals surface area contributed by atoms with Gasteiger partial charge in [-0.2, -0.15) is 0 Å². The molecule has 2 aromatic rings.